The molecule has 1 aromatic heterocycles. The lowest BCUT2D eigenvalue weighted by atomic mass is 10.4. The van der Waals surface area contributed by atoms with Crippen LogP contribution in [0.4, 0.5) is 0 Å². The second-order valence-electron chi connectivity index (χ2n) is 3.96. The molecule has 0 aromatic carbocycles. The van der Waals surface area contributed by atoms with Gasteiger partial charge in [-0.25, -0.2) is 13.1 Å². The quantitative estimate of drug-likeness (QED) is 0.646. The average Bonchev–Trinajstić information content (AvgIpc) is 2.67. The summed E-state index contributed by atoms with van der Waals surface area (Å²) in [4.78, 5) is 0.00773. The second-order valence-corrected chi connectivity index (χ2v) is 5.62. The minimum Gasteiger partial charge on any atom is -0.390 e. The van der Waals surface area contributed by atoms with E-state index in [0.717, 1.165) is 0 Å². The van der Waals surface area contributed by atoms with E-state index in [1.165, 1.54) is 0 Å². The molecule has 0 radical (unpaired) electrons. The zero-order chi connectivity index (χ0) is 13.8. The molecule has 0 aliphatic rings. The van der Waals surface area contributed by atoms with Crippen molar-refractivity contribution in [2.75, 3.05) is 13.2 Å². The minimum atomic E-state index is -3.70. The van der Waals surface area contributed by atoms with Gasteiger partial charge in [0.15, 0.2) is 0 Å². The third kappa shape index (κ3) is 3.52. The Morgan fingerprint density at radius 1 is 1.56 bits per heavy atom. The number of aromatic amines is 1. The molecule has 104 valence electrons. The largest absolute Gasteiger partial charge is 0.390 e. The topological polar surface area (TPSA) is 104 Å². The van der Waals surface area contributed by atoms with E-state index in [-0.39, 0.29) is 16.6 Å². The van der Waals surface area contributed by atoms with Crippen molar-refractivity contribution in [1.29, 1.82) is 0 Å². The lowest BCUT2D eigenvalue weighted by Gasteiger charge is -2.14. The van der Waals surface area contributed by atoms with Gasteiger partial charge >= 0.3 is 0 Å². The van der Waals surface area contributed by atoms with E-state index in [1.807, 2.05) is 6.92 Å². The van der Waals surface area contributed by atoms with Crippen LogP contribution in [0.3, 0.4) is 0 Å². The zero-order valence-electron chi connectivity index (χ0n) is 10.7. The Balaban J connectivity index is 2.89. The maximum absolute atomic E-state index is 12.1. The van der Waals surface area contributed by atoms with Crippen LogP contribution in [0, 0.1) is 6.92 Å². The molecule has 1 aromatic rings. The summed E-state index contributed by atoms with van der Waals surface area (Å²) in [5.74, 6) is 0. The van der Waals surface area contributed by atoms with Gasteiger partial charge in [-0.1, -0.05) is 0 Å². The van der Waals surface area contributed by atoms with Crippen molar-refractivity contribution in [3.05, 3.63) is 11.4 Å². The van der Waals surface area contributed by atoms with Gasteiger partial charge in [0.05, 0.1) is 18.9 Å². The molecule has 7 nitrogen and oxygen atoms in total. The van der Waals surface area contributed by atoms with E-state index in [9.17, 15) is 8.42 Å². The summed E-state index contributed by atoms with van der Waals surface area (Å²) in [5, 5.41) is 15.4. The van der Waals surface area contributed by atoms with Crippen molar-refractivity contribution in [3.8, 4) is 0 Å². The van der Waals surface area contributed by atoms with E-state index >= 15 is 0 Å². The fourth-order valence-electron chi connectivity index (χ4n) is 1.59. The molecule has 8 heteroatoms. The molecule has 18 heavy (non-hydrogen) atoms. The molecule has 0 bridgehead atoms. The van der Waals surface area contributed by atoms with Crippen LogP contribution in [-0.4, -0.2) is 43.0 Å². The second kappa shape index (κ2) is 6.28. The molecular weight excluding hydrogens is 258 g/mol. The molecule has 1 atom stereocenters. The predicted molar refractivity (Wildman–Crippen MR) is 65.5 cm³/mol. The number of aromatic nitrogens is 2. The fourth-order valence-corrected chi connectivity index (χ4v) is 3.17. The van der Waals surface area contributed by atoms with Gasteiger partial charge in [-0.3, -0.25) is 5.10 Å². The van der Waals surface area contributed by atoms with Gasteiger partial charge < -0.3 is 9.84 Å². The van der Waals surface area contributed by atoms with Crippen LogP contribution in [0.25, 0.3) is 0 Å². The first-order valence-electron chi connectivity index (χ1n) is 5.67. The highest BCUT2D eigenvalue weighted by Crippen LogP contribution is 2.17. The van der Waals surface area contributed by atoms with Gasteiger partial charge in [-0.2, -0.15) is 5.10 Å². The van der Waals surface area contributed by atoms with E-state index in [4.69, 9.17) is 9.84 Å². The van der Waals surface area contributed by atoms with Gasteiger partial charge in [-0.15, -0.1) is 0 Å². The Bertz CT molecular complexity index is 483. The van der Waals surface area contributed by atoms with Gasteiger partial charge in [0.1, 0.15) is 10.6 Å². The van der Waals surface area contributed by atoms with Crippen LogP contribution >= 0.6 is 0 Å². The molecule has 0 spiro atoms. The van der Waals surface area contributed by atoms with Gasteiger partial charge in [0.2, 0.25) is 10.0 Å². The zero-order valence-corrected chi connectivity index (χ0v) is 11.5. The van der Waals surface area contributed by atoms with Crippen molar-refractivity contribution >= 4 is 10.0 Å². The fraction of sp³-hybridized carbons (Fsp3) is 0.700. The molecule has 0 aliphatic heterocycles. The van der Waals surface area contributed by atoms with E-state index in [1.54, 1.807) is 13.8 Å². The molecular formula is C10H19N3O4S. The maximum atomic E-state index is 12.1. The summed E-state index contributed by atoms with van der Waals surface area (Å²) < 4.78 is 31.9. The first-order valence-corrected chi connectivity index (χ1v) is 7.15. The SMILES string of the molecule is CCOCC(C)NS(=O)(=O)c1c(CO)n[nH]c1C. The van der Waals surface area contributed by atoms with Crippen molar-refractivity contribution in [2.24, 2.45) is 0 Å². The smallest absolute Gasteiger partial charge is 0.244 e. The first-order chi connectivity index (χ1) is 8.42. The predicted octanol–water partition coefficient (Wildman–Crippen LogP) is -0.0863. The molecule has 1 heterocycles. The maximum Gasteiger partial charge on any atom is 0.244 e. The Morgan fingerprint density at radius 2 is 2.22 bits per heavy atom. The van der Waals surface area contributed by atoms with E-state index in [0.29, 0.717) is 18.9 Å². The lowest BCUT2D eigenvalue weighted by molar-refractivity contribution is 0.133. The van der Waals surface area contributed by atoms with Gasteiger partial charge in [0, 0.05) is 12.6 Å². The van der Waals surface area contributed by atoms with Crippen LogP contribution in [0.5, 0.6) is 0 Å². The number of aryl methyl sites for hydroxylation is 1. The lowest BCUT2D eigenvalue weighted by Crippen LogP contribution is -2.36. The Morgan fingerprint density at radius 3 is 2.78 bits per heavy atom. The van der Waals surface area contributed by atoms with Crippen LogP contribution in [0.15, 0.2) is 4.90 Å². The van der Waals surface area contributed by atoms with Crippen LogP contribution in [0.2, 0.25) is 0 Å². The number of aliphatic hydroxyl groups is 1. The Labute approximate surface area is 107 Å². The van der Waals surface area contributed by atoms with E-state index < -0.39 is 16.6 Å². The number of hydrogen-bond acceptors (Lipinski definition) is 5. The summed E-state index contributed by atoms with van der Waals surface area (Å²) in [6.07, 6.45) is 0. The molecule has 1 rings (SSSR count). The van der Waals surface area contributed by atoms with Gasteiger partial charge in [0.25, 0.3) is 0 Å². The standard InChI is InChI=1S/C10H19N3O4S/c1-4-17-6-7(2)13-18(15,16)10-8(3)11-12-9(10)5-14/h7,13-14H,4-6H2,1-3H3,(H,11,12). The highest BCUT2D eigenvalue weighted by Gasteiger charge is 2.25. The number of nitrogens with one attached hydrogen (secondary N) is 2. The van der Waals surface area contributed by atoms with Crippen LogP contribution in [0.1, 0.15) is 25.2 Å². The van der Waals surface area contributed by atoms with Crippen molar-refractivity contribution in [3.63, 3.8) is 0 Å². The molecule has 0 amide bonds. The van der Waals surface area contributed by atoms with Gasteiger partial charge in [-0.05, 0) is 20.8 Å². The van der Waals surface area contributed by atoms with Crippen molar-refractivity contribution < 1.29 is 18.3 Å². The van der Waals surface area contributed by atoms with Crippen LogP contribution < -0.4 is 4.72 Å². The molecule has 3 N–H and O–H groups in total. The molecule has 0 aliphatic carbocycles. The monoisotopic (exact) mass is 277 g/mol. The third-order valence-electron chi connectivity index (χ3n) is 2.31. The number of sulfonamides is 1. The molecule has 1 unspecified atom stereocenters. The molecule has 0 saturated carbocycles. The average molecular weight is 277 g/mol. The summed E-state index contributed by atoms with van der Waals surface area (Å²) in [6, 6.07) is -0.351. The first kappa shape index (κ1) is 15.1. The summed E-state index contributed by atoms with van der Waals surface area (Å²) in [5.41, 5.74) is 0.513. The number of hydrogen-bond donors (Lipinski definition) is 3. The minimum absolute atomic E-state index is 0.00773. The van der Waals surface area contributed by atoms with E-state index in [2.05, 4.69) is 14.9 Å². The molecule has 0 fully saturated rings. The number of aliphatic hydroxyl groups excluding tert-OH is 1. The number of rotatable bonds is 7. The number of H-pyrrole nitrogens is 1. The molecule has 0 saturated heterocycles. The normalized spacial score (nSPS) is 13.8. The third-order valence-corrected chi connectivity index (χ3v) is 4.10. The highest BCUT2D eigenvalue weighted by atomic mass is 32.2. The summed E-state index contributed by atoms with van der Waals surface area (Å²) in [6.45, 7) is 5.53. The van der Waals surface area contributed by atoms with Crippen molar-refractivity contribution in [2.45, 2.75) is 38.3 Å². The number of ether oxygens (including phenoxy) is 1. The highest BCUT2D eigenvalue weighted by molar-refractivity contribution is 7.89. The number of nitrogens with zero attached hydrogens (tertiary/aromatic N) is 1. The van der Waals surface area contributed by atoms with Crippen molar-refractivity contribution in [1.82, 2.24) is 14.9 Å². The Kier molecular flexibility index (Phi) is 5.27. The Hall–Kier alpha value is -0.960. The summed E-state index contributed by atoms with van der Waals surface area (Å²) >= 11 is 0. The summed E-state index contributed by atoms with van der Waals surface area (Å²) in [7, 11) is -3.70. The van der Waals surface area contributed by atoms with Crippen LogP contribution in [-0.2, 0) is 21.4 Å².